The first kappa shape index (κ1) is 22.7. The summed E-state index contributed by atoms with van der Waals surface area (Å²) in [4.78, 5) is 37.9. The summed E-state index contributed by atoms with van der Waals surface area (Å²) in [6, 6.07) is 6.38. The van der Waals surface area contributed by atoms with Gasteiger partial charge in [0.2, 0.25) is 0 Å². The molecule has 176 valence electrons. The maximum Gasteiger partial charge on any atom is 0.328 e. The lowest BCUT2D eigenvalue weighted by Crippen LogP contribution is -2.37. The lowest BCUT2D eigenvalue weighted by atomic mass is 10.2. The van der Waals surface area contributed by atoms with E-state index in [0.29, 0.717) is 18.1 Å². The van der Waals surface area contributed by atoms with Crippen LogP contribution in [0.1, 0.15) is 29.8 Å². The third-order valence-corrected chi connectivity index (χ3v) is 5.41. The maximum atomic E-state index is 13.2. The molecular formula is C22H28N6O5. The highest BCUT2D eigenvalue weighted by Crippen LogP contribution is 2.31. The number of hydrogen-bond acceptors (Lipinski definition) is 8. The molecular weight excluding hydrogens is 428 g/mol. The first-order valence-electron chi connectivity index (χ1n) is 10.9. The standard InChI is InChI=1S/C22H28N6O5/c1-27-9-2-10-28(20-18(27)6-5-17(25-20)21(31)24-14-3-4-14)22(32)26-19-11-16(7-8-23-19)33-13-15(30)12-29/h5-8,11,14-15,29-30H,2-4,9-10,12-13H2,1H3,(H,24,31)(H,23,26,32)/t15-/m1/s1. The van der Waals surface area contributed by atoms with Gasteiger partial charge < -0.3 is 25.2 Å². The third kappa shape index (κ3) is 5.68. The Bertz CT molecular complexity index is 1010. The molecule has 2 aromatic rings. The SMILES string of the molecule is CN1CCCN(C(=O)Nc2cc(OC[C@H](O)CO)ccn2)c2nc(C(=O)NC3CC3)ccc21. The third-order valence-electron chi connectivity index (χ3n) is 5.41. The summed E-state index contributed by atoms with van der Waals surface area (Å²) >= 11 is 0. The number of aliphatic hydroxyl groups is 2. The molecule has 11 nitrogen and oxygen atoms in total. The molecule has 0 bridgehead atoms. The van der Waals surface area contributed by atoms with Crippen LogP contribution in [-0.2, 0) is 0 Å². The molecule has 33 heavy (non-hydrogen) atoms. The van der Waals surface area contributed by atoms with E-state index in [1.165, 1.54) is 17.2 Å². The van der Waals surface area contributed by atoms with E-state index in [2.05, 4.69) is 20.6 Å². The van der Waals surface area contributed by atoms with E-state index in [9.17, 15) is 14.7 Å². The zero-order chi connectivity index (χ0) is 23.4. The topological polar surface area (TPSA) is 140 Å². The van der Waals surface area contributed by atoms with E-state index in [4.69, 9.17) is 9.84 Å². The molecule has 3 amide bonds. The number of pyridine rings is 2. The van der Waals surface area contributed by atoms with E-state index in [0.717, 1.165) is 31.5 Å². The van der Waals surface area contributed by atoms with E-state index >= 15 is 0 Å². The fourth-order valence-electron chi connectivity index (χ4n) is 3.43. The number of urea groups is 1. The average molecular weight is 457 g/mol. The molecule has 4 rings (SSSR count). The molecule has 1 aliphatic heterocycles. The van der Waals surface area contributed by atoms with Crippen LogP contribution in [0.4, 0.5) is 22.1 Å². The van der Waals surface area contributed by atoms with Crippen molar-refractivity contribution in [3.05, 3.63) is 36.2 Å². The largest absolute Gasteiger partial charge is 0.491 e. The number of carbonyl (C=O) groups excluding carboxylic acids is 2. The summed E-state index contributed by atoms with van der Waals surface area (Å²) < 4.78 is 5.42. The molecule has 0 spiro atoms. The number of fused-ring (bicyclic) bond motifs is 1. The molecule has 1 aliphatic carbocycles. The van der Waals surface area contributed by atoms with Crippen LogP contribution in [0.3, 0.4) is 0 Å². The van der Waals surface area contributed by atoms with Crippen LogP contribution in [0.5, 0.6) is 5.75 Å². The smallest absolute Gasteiger partial charge is 0.328 e. The molecule has 1 fully saturated rings. The van der Waals surface area contributed by atoms with Crippen LogP contribution in [0.15, 0.2) is 30.5 Å². The van der Waals surface area contributed by atoms with Crippen LogP contribution < -0.4 is 25.2 Å². The number of anilines is 3. The van der Waals surface area contributed by atoms with E-state index < -0.39 is 18.7 Å². The van der Waals surface area contributed by atoms with Gasteiger partial charge in [-0.2, -0.15) is 0 Å². The highest BCUT2D eigenvalue weighted by molar-refractivity contribution is 6.03. The van der Waals surface area contributed by atoms with Crippen LogP contribution in [-0.4, -0.2) is 77.6 Å². The number of aromatic nitrogens is 2. The number of nitrogens with one attached hydrogen (secondary N) is 2. The van der Waals surface area contributed by atoms with Gasteiger partial charge in [-0.1, -0.05) is 0 Å². The number of aliphatic hydroxyl groups excluding tert-OH is 2. The Labute approximate surface area is 191 Å². The van der Waals surface area contributed by atoms with Crippen molar-refractivity contribution in [2.24, 2.45) is 0 Å². The molecule has 0 saturated heterocycles. The number of nitrogens with zero attached hydrogens (tertiary/aromatic N) is 4. The summed E-state index contributed by atoms with van der Waals surface area (Å²) in [5.41, 5.74) is 1.03. The molecule has 2 aliphatic rings. The van der Waals surface area contributed by atoms with Crippen LogP contribution >= 0.6 is 0 Å². The number of amides is 3. The number of hydrogen-bond donors (Lipinski definition) is 4. The molecule has 11 heteroatoms. The van der Waals surface area contributed by atoms with Crippen LogP contribution in [0.25, 0.3) is 0 Å². The maximum absolute atomic E-state index is 13.2. The summed E-state index contributed by atoms with van der Waals surface area (Å²) in [6.07, 6.45) is 3.14. The van der Waals surface area contributed by atoms with Gasteiger partial charge in [0.1, 0.15) is 30.0 Å². The number of carbonyl (C=O) groups is 2. The second kappa shape index (κ2) is 10.0. The summed E-state index contributed by atoms with van der Waals surface area (Å²) in [7, 11) is 1.93. The Morgan fingerprint density at radius 3 is 2.85 bits per heavy atom. The molecule has 0 unspecified atom stereocenters. The van der Waals surface area contributed by atoms with Gasteiger partial charge in [-0.05, 0) is 37.5 Å². The van der Waals surface area contributed by atoms with Gasteiger partial charge in [0.25, 0.3) is 5.91 Å². The van der Waals surface area contributed by atoms with E-state index in [-0.39, 0.29) is 30.1 Å². The zero-order valence-corrected chi connectivity index (χ0v) is 18.4. The van der Waals surface area contributed by atoms with Crippen LogP contribution in [0, 0.1) is 0 Å². The quantitative estimate of drug-likeness (QED) is 0.483. The normalized spacial score (nSPS) is 16.5. The number of ether oxygens (including phenoxy) is 1. The first-order valence-corrected chi connectivity index (χ1v) is 10.9. The van der Waals surface area contributed by atoms with Crippen molar-refractivity contribution in [3.63, 3.8) is 0 Å². The predicted octanol–water partition coefficient (Wildman–Crippen LogP) is 0.979. The Kier molecular flexibility index (Phi) is 6.90. The molecule has 0 aromatic carbocycles. The minimum absolute atomic E-state index is 0.0879. The summed E-state index contributed by atoms with van der Waals surface area (Å²) in [5.74, 6) is 0.817. The monoisotopic (exact) mass is 456 g/mol. The second-order valence-corrected chi connectivity index (χ2v) is 8.17. The second-order valence-electron chi connectivity index (χ2n) is 8.17. The van der Waals surface area contributed by atoms with Gasteiger partial charge in [0, 0.05) is 38.4 Å². The van der Waals surface area contributed by atoms with Crippen molar-refractivity contribution < 1.29 is 24.5 Å². The van der Waals surface area contributed by atoms with E-state index in [1.807, 2.05) is 18.0 Å². The Morgan fingerprint density at radius 1 is 1.27 bits per heavy atom. The van der Waals surface area contributed by atoms with Crippen molar-refractivity contribution in [2.75, 3.05) is 48.5 Å². The molecule has 4 N–H and O–H groups in total. The van der Waals surface area contributed by atoms with Gasteiger partial charge in [-0.15, -0.1) is 0 Å². The lowest BCUT2D eigenvalue weighted by molar-refractivity contribution is 0.0536. The summed E-state index contributed by atoms with van der Waals surface area (Å²) in [5, 5.41) is 24.0. The predicted molar refractivity (Wildman–Crippen MR) is 122 cm³/mol. The van der Waals surface area contributed by atoms with Gasteiger partial charge in [0.15, 0.2) is 5.82 Å². The molecule has 1 atom stereocenters. The highest BCUT2D eigenvalue weighted by atomic mass is 16.5. The minimum atomic E-state index is -1.00. The van der Waals surface area contributed by atoms with Crippen molar-refractivity contribution >= 4 is 29.3 Å². The molecule has 1 saturated carbocycles. The van der Waals surface area contributed by atoms with Crippen molar-refractivity contribution in [2.45, 2.75) is 31.4 Å². The highest BCUT2D eigenvalue weighted by Gasteiger charge is 2.28. The van der Waals surface area contributed by atoms with Crippen molar-refractivity contribution in [1.29, 1.82) is 0 Å². The summed E-state index contributed by atoms with van der Waals surface area (Å²) in [6.45, 7) is 0.657. The van der Waals surface area contributed by atoms with Crippen LogP contribution in [0.2, 0.25) is 0 Å². The Hall–Kier alpha value is -3.44. The zero-order valence-electron chi connectivity index (χ0n) is 18.4. The van der Waals surface area contributed by atoms with Gasteiger partial charge in [0.05, 0.1) is 12.3 Å². The Balaban J connectivity index is 1.53. The molecule has 0 radical (unpaired) electrons. The van der Waals surface area contributed by atoms with Gasteiger partial charge in [-0.25, -0.2) is 14.8 Å². The van der Waals surface area contributed by atoms with Gasteiger partial charge in [-0.3, -0.25) is 15.0 Å². The van der Waals surface area contributed by atoms with Crippen molar-refractivity contribution in [1.82, 2.24) is 15.3 Å². The lowest BCUT2D eigenvalue weighted by Gasteiger charge is -2.24. The fraction of sp³-hybridized carbons (Fsp3) is 0.455. The Morgan fingerprint density at radius 2 is 2.09 bits per heavy atom. The minimum Gasteiger partial charge on any atom is -0.491 e. The van der Waals surface area contributed by atoms with E-state index in [1.54, 1.807) is 12.1 Å². The fourth-order valence-corrected chi connectivity index (χ4v) is 3.43. The molecule has 2 aromatic heterocycles. The average Bonchev–Trinajstić information content (AvgIpc) is 3.65. The molecule has 3 heterocycles. The number of rotatable bonds is 7. The van der Waals surface area contributed by atoms with Gasteiger partial charge >= 0.3 is 6.03 Å². The van der Waals surface area contributed by atoms with Crippen molar-refractivity contribution in [3.8, 4) is 5.75 Å². The first-order chi connectivity index (χ1) is 15.9.